The average molecular weight is 519 g/mol. The number of carbonyl (C=O) groups is 4. The van der Waals surface area contributed by atoms with Crippen LogP contribution in [0.5, 0.6) is 0 Å². The van der Waals surface area contributed by atoms with Gasteiger partial charge in [0.15, 0.2) is 11.0 Å². The summed E-state index contributed by atoms with van der Waals surface area (Å²) in [5.74, 6) is -1.90. The molecule has 0 aliphatic rings. The highest BCUT2D eigenvalue weighted by Gasteiger charge is 2.19. The van der Waals surface area contributed by atoms with Crippen LogP contribution in [0.1, 0.15) is 35.2 Å². The van der Waals surface area contributed by atoms with Gasteiger partial charge in [0.2, 0.25) is 17.0 Å². The van der Waals surface area contributed by atoms with E-state index in [0.29, 0.717) is 22.2 Å². The Morgan fingerprint density at radius 2 is 1.89 bits per heavy atom. The maximum Gasteiger partial charge on any atom is 0.305 e. The normalized spacial score (nSPS) is 10.4. The molecule has 0 unspecified atom stereocenters. The third-order valence-corrected chi connectivity index (χ3v) is 5.94. The van der Waals surface area contributed by atoms with Gasteiger partial charge in [-0.3, -0.25) is 35.5 Å². The zero-order valence-electron chi connectivity index (χ0n) is 18.5. The Balaban J connectivity index is 1.74. The average Bonchev–Trinajstić information content (AvgIpc) is 3.43. The number of nitrogens with zero attached hydrogens (tertiary/aromatic N) is 4. The van der Waals surface area contributed by atoms with Crippen molar-refractivity contribution in [3.63, 3.8) is 0 Å². The second kappa shape index (κ2) is 12.5. The number of hydrazine groups is 1. The number of carboxylic acids is 1. The summed E-state index contributed by atoms with van der Waals surface area (Å²) in [6.07, 6.45) is 0.183. The molecule has 5 N–H and O–H groups in total. The van der Waals surface area contributed by atoms with Crippen molar-refractivity contribution in [2.24, 2.45) is 0 Å². The summed E-state index contributed by atoms with van der Waals surface area (Å²) >= 11 is 2.33. The molecule has 0 saturated carbocycles. The Kier molecular flexibility index (Phi) is 9.14. The van der Waals surface area contributed by atoms with Crippen molar-refractivity contribution in [2.75, 3.05) is 23.0 Å². The number of rotatable bonds is 11. The maximum absolute atomic E-state index is 12.8. The van der Waals surface area contributed by atoms with Gasteiger partial charge in [-0.25, -0.2) is 9.66 Å². The van der Waals surface area contributed by atoms with Crippen LogP contribution in [0.2, 0.25) is 0 Å². The van der Waals surface area contributed by atoms with Crippen molar-refractivity contribution in [3.05, 3.63) is 52.8 Å². The molecule has 0 spiro atoms. The summed E-state index contributed by atoms with van der Waals surface area (Å²) in [5, 5.41) is 22.5. The van der Waals surface area contributed by atoms with Crippen molar-refractivity contribution in [3.8, 4) is 0 Å². The molecule has 0 bridgehead atoms. The first-order chi connectivity index (χ1) is 16.8. The van der Waals surface area contributed by atoms with Gasteiger partial charge in [0.1, 0.15) is 0 Å². The van der Waals surface area contributed by atoms with Crippen molar-refractivity contribution >= 4 is 51.9 Å². The molecule has 0 saturated heterocycles. The van der Waals surface area contributed by atoms with Gasteiger partial charge in [-0.2, -0.15) is 0 Å². The first-order valence-electron chi connectivity index (χ1n) is 10.2. The van der Waals surface area contributed by atoms with Gasteiger partial charge in [-0.1, -0.05) is 30.0 Å². The smallest absolute Gasteiger partial charge is 0.305 e. The number of hydrogen-bond donors (Lipinski definition) is 5. The lowest BCUT2D eigenvalue weighted by Crippen LogP contribution is -2.41. The zero-order chi connectivity index (χ0) is 25.2. The van der Waals surface area contributed by atoms with Crippen LogP contribution >= 0.6 is 23.1 Å². The molecule has 2 heterocycles. The van der Waals surface area contributed by atoms with Gasteiger partial charge in [-0.05, 0) is 12.1 Å². The summed E-state index contributed by atoms with van der Waals surface area (Å²) < 4.78 is 1.39. The van der Waals surface area contributed by atoms with E-state index in [9.17, 15) is 19.2 Å². The second-order valence-electron chi connectivity index (χ2n) is 6.95. The Morgan fingerprint density at radius 3 is 2.60 bits per heavy atom. The fraction of sp³-hybridized carbons (Fsp3) is 0.250. The number of carbonyl (C=O) groups excluding carboxylic acids is 3. The number of hydrogen-bond acceptors (Lipinski definition) is 10. The Labute approximate surface area is 207 Å². The predicted octanol–water partition coefficient (Wildman–Crippen LogP) is 0.855. The molecule has 3 rings (SSSR count). The zero-order valence-corrected chi connectivity index (χ0v) is 20.1. The fourth-order valence-electron chi connectivity index (χ4n) is 2.61. The number of anilines is 1. The number of aliphatic carboxylic acids is 1. The number of amides is 3. The lowest BCUT2D eigenvalue weighted by molar-refractivity contribution is -0.136. The van der Waals surface area contributed by atoms with Crippen molar-refractivity contribution in [1.82, 2.24) is 30.7 Å². The molecule has 2 aromatic heterocycles. The van der Waals surface area contributed by atoms with Crippen molar-refractivity contribution in [1.29, 1.82) is 0 Å². The van der Waals surface area contributed by atoms with Gasteiger partial charge in [0.25, 0.3) is 5.91 Å². The van der Waals surface area contributed by atoms with Crippen LogP contribution in [0.3, 0.4) is 0 Å². The van der Waals surface area contributed by atoms with E-state index in [1.807, 2.05) is 0 Å². The lowest BCUT2D eigenvalue weighted by atomic mass is 10.2. The van der Waals surface area contributed by atoms with Crippen LogP contribution in [0.4, 0.5) is 5.13 Å². The highest BCUT2D eigenvalue weighted by Crippen LogP contribution is 2.21. The van der Waals surface area contributed by atoms with Gasteiger partial charge in [-0.15, -0.1) is 21.5 Å². The number of thiazole rings is 1. The van der Waals surface area contributed by atoms with E-state index in [0.717, 1.165) is 11.8 Å². The van der Waals surface area contributed by atoms with E-state index >= 15 is 0 Å². The first kappa shape index (κ1) is 25.6. The van der Waals surface area contributed by atoms with E-state index in [4.69, 9.17) is 5.11 Å². The first-order valence-corrected chi connectivity index (χ1v) is 12.1. The van der Waals surface area contributed by atoms with Crippen LogP contribution in [-0.2, 0) is 20.8 Å². The fourth-order valence-corrected chi connectivity index (χ4v) is 4.06. The van der Waals surface area contributed by atoms with E-state index in [1.54, 1.807) is 35.7 Å². The molecule has 184 valence electrons. The summed E-state index contributed by atoms with van der Waals surface area (Å²) in [6, 6.07) is 8.57. The molecular formula is C20H22N8O5S2. The van der Waals surface area contributed by atoms with Crippen LogP contribution < -0.4 is 21.6 Å². The topological polar surface area (TPSA) is 180 Å². The van der Waals surface area contributed by atoms with Crippen LogP contribution in [-0.4, -0.2) is 61.0 Å². The molecule has 1 aromatic carbocycles. The predicted molar refractivity (Wildman–Crippen MR) is 129 cm³/mol. The number of benzene rings is 1. The molecule has 0 fully saturated rings. The quantitative estimate of drug-likeness (QED) is 0.180. The van der Waals surface area contributed by atoms with Gasteiger partial charge < -0.3 is 10.4 Å². The highest BCUT2D eigenvalue weighted by atomic mass is 32.2. The van der Waals surface area contributed by atoms with Gasteiger partial charge in [0.05, 0.1) is 24.3 Å². The minimum absolute atomic E-state index is 0.0369. The second-order valence-corrected chi connectivity index (χ2v) is 8.75. The molecule has 0 aliphatic heterocycles. The summed E-state index contributed by atoms with van der Waals surface area (Å²) in [4.78, 5) is 50.8. The molecule has 3 amide bonds. The third kappa shape index (κ3) is 8.08. The number of thioether (sulfide) groups is 1. The van der Waals surface area contributed by atoms with Gasteiger partial charge >= 0.3 is 5.97 Å². The number of carboxylic acid groups (broad SMARTS) is 1. The van der Waals surface area contributed by atoms with Gasteiger partial charge in [0, 0.05) is 24.4 Å². The van der Waals surface area contributed by atoms with E-state index in [1.165, 1.54) is 22.9 Å². The summed E-state index contributed by atoms with van der Waals surface area (Å²) in [7, 11) is 0. The standard InChI is InChI=1S/C20H22N8O5S2/c1-12(29)23-25-16(30)11-35-20-26-24-15(28(20)27-18(33)13-5-3-2-4-6-13)9-14-10-34-19(22-14)21-8-7-17(31)32/h2-6,10H,7-9,11H2,1H3,(H,21,22)(H,23,29)(H,25,30)(H,27,33)(H,31,32). The highest BCUT2D eigenvalue weighted by molar-refractivity contribution is 7.99. The Hall–Kier alpha value is -3.98. The van der Waals surface area contributed by atoms with Crippen LogP contribution in [0, 0.1) is 0 Å². The van der Waals surface area contributed by atoms with E-state index in [-0.39, 0.29) is 30.3 Å². The lowest BCUT2D eigenvalue weighted by Gasteiger charge is -2.11. The van der Waals surface area contributed by atoms with E-state index in [2.05, 4.69) is 36.8 Å². The van der Waals surface area contributed by atoms with Crippen molar-refractivity contribution in [2.45, 2.75) is 24.9 Å². The largest absolute Gasteiger partial charge is 0.481 e. The van der Waals surface area contributed by atoms with E-state index < -0.39 is 23.7 Å². The van der Waals surface area contributed by atoms with Crippen LogP contribution in [0.15, 0.2) is 40.9 Å². The Morgan fingerprint density at radius 1 is 1.11 bits per heavy atom. The monoisotopic (exact) mass is 518 g/mol. The molecule has 0 aliphatic carbocycles. The molecule has 35 heavy (non-hydrogen) atoms. The number of nitrogens with one attached hydrogen (secondary N) is 4. The molecule has 0 radical (unpaired) electrons. The molecule has 15 heteroatoms. The molecule has 0 atom stereocenters. The minimum Gasteiger partial charge on any atom is -0.481 e. The molecule has 3 aromatic rings. The molecular weight excluding hydrogens is 496 g/mol. The van der Waals surface area contributed by atoms with Crippen LogP contribution in [0.25, 0.3) is 0 Å². The molecule has 13 nitrogen and oxygen atoms in total. The summed E-state index contributed by atoms with van der Waals surface area (Å²) in [5.41, 5.74) is 8.26. The number of aromatic nitrogens is 4. The maximum atomic E-state index is 12.8. The SMILES string of the molecule is CC(=O)NNC(=O)CSc1nnc(Cc2csc(NCCC(=O)O)n2)n1NC(=O)c1ccccc1. The summed E-state index contributed by atoms with van der Waals surface area (Å²) in [6.45, 7) is 1.51. The van der Waals surface area contributed by atoms with Crippen molar-refractivity contribution < 1.29 is 24.3 Å². The third-order valence-electron chi connectivity index (χ3n) is 4.17. The Bertz CT molecular complexity index is 1200. The minimum atomic E-state index is -0.910.